The molecule has 2 aromatic carbocycles. The molecule has 0 bridgehead atoms. The van der Waals surface area contributed by atoms with Crippen LogP contribution in [0, 0.1) is 5.82 Å². The minimum Gasteiger partial charge on any atom is -0.334 e. The molecule has 0 aliphatic carbocycles. The lowest BCUT2D eigenvalue weighted by atomic mass is 10.1. The fourth-order valence-electron chi connectivity index (χ4n) is 3.68. The maximum atomic E-state index is 13.3. The lowest BCUT2D eigenvalue weighted by Gasteiger charge is -2.34. The molecule has 6 heteroatoms. The van der Waals surface area contributed by atoms with E-state index in [1.807, 2.05) is 12.1 Å². The van der Waals surface area contributed by atoms with Gasteiger partial charge in [0, 0.05) is 52.9 Å². The summed E-state index contributed by atoms with van der Waals surface area (Å²) in [5, 5.41) is 2.99. The van der Waals surface area contributed by atoms with Crippen LogP contribution in [0.15, 0.2) is 48.5 Å². The van der Waals surface area contributed by atoms with Gasteiger partial charge >= 0.3 is 6.03 Å². The number of amides is 2. The minimum atomic E-state index is -0.287. The van der Waals surface area contributed by atoms with Crippen LogP contribution in [-0.2, 0) is 19.6 Å². The topological polar surface area (TPSA) is 38.8 Å². The number of hydrogen-bond acceptors (Lipinski definition) is 3. The van der Waals surface area contributed by atoms with E-state index in [2.05, 4.69) is 40.2 Å². The van der Waals surface area contributed by atoms with E-state index in [0.29, 0.717) is 13.1 Å². The van der Waals surface area contributed by atoms with Gasteiger partial charge in [0.2, 0.25) is 0 Å². The van der Waals surface area contributed by atoms with Crippen molar-refractivity contribution < 1.29 is 9.18 Å². The summed E-state index contributed by atoms with van der Waals surface area (Å²) in [5.74, 6) is -0.287. The number of halogens is 1. The molecule has 2 amide bonds. The quantitative estimate of drug-likeness (QED) is 0.778. The molecule has 1 aliphatic heterocycles. The molecule has 0 radical (unpaired) electrons. The molecule has 0 spiro atoms. The normalized spacial score (nSPS) is 15.3. The Hall–Kier alpha value is -2.44. The van der Waals surface area contributed by atoms with E-state index < -0.39 is 0 Å². The zero-order valence-corrected chi connectivity index (χ0v) is 17.4. The van der Waals surface area contributed by atoms with Gasteiger partial charge in [-0.25, -0.2) is 9.18 Å². The fraction of sp³-hybridized carbons (Fsp3) is 0.435. The second-order valence-electron chi connectivity index (χ2n) is 7.62. The smallest absolute Gasteiger partial charge is 0.317 e. The Morgan fingerprint density at radius 2 is 1.72 bits per heavy atom. The second-order valence-corrected chi connectivity index (χ2v) is 7.62. The highest BCUT2D eigenvalue weighted by Gasteiger charge is 2.17. The van der Waals surface area contributed by atoms with Crippen LogP contribution in [0.25, 0.3) is 0 Å². The minimum absolute atomic E-state index is 0.166. The standard InChI is InChI=1S/C23H31FN4O/c1-3-27-11-13-28(14-12-27)18-21-9-5-4-8-20(21)16-25-23(29)26(2)17-19-7-6-10-22(24)15-19/h4-10,15H,3,11-14,16-18H2,1-2H3,(H,25,29). The molecular formula is C23H31FN4O. The van der Waals surface area contributed by atoms with Gasteiger partial charge in [0.1, 0.15) is 5.82 Å². The molecule has 0 atom stereocenters. The number of nitrogens with one attached hydrogen (secondary N) is 1. The zero-order chi connectivity index (χ0) is 20.6. The highest BCUT2D eigenvalue weighted by atomic mass is 19.1. The van der Waals surface area contributed by atoms with Crippen molar-refractivity contribution in [2.45, 2.75) is 26.6 Å². The van der Waals surface area contributed by atoms with Crippen molar-refractivity contribution in [2.75, 3.05) is 39.8 Å². The number of carbonyl (C=O) groups is 1. The Morgan fingerprint density at radius 1 is 1.03 bits per heavy atom. The molecule has 1 fully saturated rings. The molecular weight excluding hydrogens is 367 g/mol. The summed E-state index contributed by atoms with van der Waals surface area (Å²) in [6.07, 6.45) is 0. The van der Waals surface area contributed by atoms with Crippen molar-refractivity contribution in [3.63, 3.8) is 0 Å². The number of nitrogens with zero attached hydrogens (tertiary/aromatic N) is 3. The first-order valence-corrected chi connectivity index (χ1v) is 10.3. The van der Waals surface area contributed by atoms with E-state index in [1.165, 1.54) is 17.7 Å². The first kappa shape index (κ1) is 21.3. The molecule has 1 saturated heterocycles. The highest BCUT2D eigenvalue weighted by Crippen LogP contribution is 2.14. The third kappa shape index (κ3) is 6.27. The summed E-state index contributed by atoms with van der Waals surface area (Å²) in [6, 6.07) is 14.5. The van der Waals surface area contributed by atoms with Crippen LogP contribution in [0.2, 0.25) is 0 Å². The van der Waals surface area contributed by atoms with Gasteiger partial charge in [-0.3, -0.25) is 4.90 Å². The Bertz CT molecular complexity index is 805. The molecule has 0 unspecified atom stereocenters. The Balaban J connectivity index is 1.53. The summed E-state index contributed by atoms with van der Waals surface area (Å²) in [4.78, 5) is 19.0. The summed E-state index contributed by atoms with van der Waals surface area (Å²) in [7, 11) is 1.72. The second kappa shape index (κ2) is 10.4. The van der Waals surface area contributed by atoms with E-state index in [9.17, 15) is 9.18 Å². The van der Waals surface area contributed by atoms with E-state index in [-0.39, 0.29) is 11.8 Å². The molecule has 29 heavy (non-hydrogen) atoms. The van der Waals surface area contributed by atoms with Crippen LogP contribution < -0.4 is 5.32 Å². The van der Waals surface area contributed by atoms with Crippen molar-refractivity contribution >= 4 is 6.03 Å². The van der Waals surface area contributed by atoms with E-state index in [0.717, 1.165) is 50.4 Å². The zero-order valence-electron chi connectivity index (χ0n) is 17.4. The molecule has 156 valence electrons. The largest absolute Gasteiger partial charge is 0.334 e. The molecule has 0 aromatic heterocycles. The average molecular weight is 399 g/mol. The van der Waals surface area contributed by atoms with Gasteiger partial charge in [0.25, 0.3) is 0 Å². The Morgan fingerprint density at radius 3 is 2.41 bits per heavy atom. The predicted molar refractivity (Wildman–Crippen MR) is 114 cm³/mol. The molecule has 3 rings (SSSR count). The Kier molecular flexibility index (Phi) is 7.61. The van der Waals surface area contributed by atoms with Gasteiger partial charge in [-0.1, -0.05) is 43.3 Å². The van der Waals surface area contributed by atoms with Crippen LogP contribution in [-0.4, -0.2) is 60.5 Å². The van der Waals surface area contributed by atoms with Gasteiger partial charge in [0.15, 0.2) is 0 Å². The van der Waals surface area contributed by atoms with Crippen molar-refractivity contribution in [1.29, 1.82) is 0 Å². The van der Waals surface area contributed by atoms with Crippen molar-refractivity contribution in [2.24, 2.45) is 0 Å². The van der Waals surface area contributed by atoms with E-state index >= 15 is 0 Å². The molecule has 1 N–H and O–H groups in total. The third-order valence-corrected chi connectivity index (χ3v) is 5.51. The summed E-state index contributed by atoms with van der Waals surface area (Å²) < 4.78 is 13.3. The van der Waals surface area contributed by atoms with Crippen LogP contribution in [0.4, 0.5) is 9.18 Å². The third-order valence-electron chi connectivity index (χ3n) is 5.51. The van der Waals surface area contributed by atoms with Crippen molar-refractivity contribution in [3.05, 3.63) is 71.0 Å². The Labute approximate surface area is 173 Å². The summed E-state index contributed by atoms with van der Waals surface area (Å²) in [6.45, 7) is 9.45. The van der Waals surface area contributed by atoms with Gasteiger partial charge in [0.05, 0.1) is 0 Å². The lowest BCUT2D eigenvalue weighted by Crippen LogP contribution is -2.45. The van der Waals surface area contributed by atoms with E-state index in [1.54, 1.807) is 18.0 Å². The van der Waals surface area contributed by atoms with Gasteiger partial charge < -0.3 is 15.1 Å². The lowest BCUT2D eigenvalue weighted by molar-refractivity contribution is 0.131. The highest BCUT2D eigenvalue weighted by molar-refractivity contribution is 5.73. The first-order valence-electron chi connectivity index (χ1n) is 10.3. The number of carbonyl (C=O) groups excluding carboxylic acids is 1. The number of piperazine rings is 1. The van der Waals surface area contributed by atoms with Crippen LogP contribution in [0.1, 0.15) is 23.6 Å². The summed E-state index contributed by atoms with van der Waals surface area (Å²) in [5.41, 5.74) is 3.16. The van der Waals surface area contributed by atoms with Crippen molar-refractivity contribution in [1.82, 2.24) is 20.0 Å². The van der Waals surface area contributed by atoms with E-state index in [4.69, 9.17) is 0 Å². The van der Waals surface area contributed by atoms with Crippen molar-refractivity contribution in [3.8, 4) is 0 Å². The molecule has 1 aliphatic rings. The number of urea groups is 1. The van der Waals surface area contributed by atoms with Crippen LogP contribution >= 0.6 is 0 Å². The molecule has 5 nitrogen and oxygen atoms in total. The maximum absolute atomic E-state index is 13.3. The number of likely N-dealkylation sites (N-methyl/N-ethyl adjacent to an activating group) is 1. The number of benzene rings is 2. The molecule has 2 aromatic rings. The summed E-state index contributed by atoms with van der Waals surface area (Å²) >= 11 is 0. The fourth-order valence-corrected chi connectivity index (χ4v) is 3.68. The maximum Gasteiger partial charge on any atom is 0.317 e. The molecule has 1 heterocycles. The molecule has 0 saturated carbocycles. The van der Waals surface area contributed by atoms with Gasteiger partial charge in [-0.15, -0.1) is 0 Å². The monoisotopic (exact) mass is 398 g/mol. The number of rotatable bonds is 7. The van der Waals surface area contributed by atoms with Crippen LogP contribution in [0.5, 0.6) is 0 Å². The first-order chi connectivity index (χ1) is 14.0. The van der Waals surface area contributed by atoms with Gasteiger partial charge in [-0.2, -0.15) is 0 Å². The van der Waals surface area contributed by atoms with Gasteiger partial charge in [-0.05, 0) is 35.4 Å². The number of hydrogen-bond donors (Lipinski definition) is 1. The van der Waals surface area contributed by atoms with Crippen LogP contribution in [0.3, 0.4) is 0 Å². The SMILES string of the molecule is CCN1CCN(Cc2ccccc2CNC(=O)N(C)Cc2cccc(F)c2)CC1. The average Bonchev–Trinajstić information content (AvgIpc) is 2.73. The predicted octanol–water partition coefficient (Wildman–Crippen LogP) is 3.30.